The Morgan fingerprint density at radius 2 is 2.06 bits per heavy atom. The second kappa shape index (κ2) is 4.99. The molecule has 17 heavy (non-hydrogen) atoms. The molecule has 89 valence electrons. The topological polar surface area (TPSA) is 72.2 Å². The predicted octanol–water partition coefficient (Wildman–Crippen LogP) is 1.52. The van der Waals surface area contributed by atoms with Crippen molar-refractivity contribution in [2.24, 2.45) is 5.92 Å². The molecule has 0 unspecified atom stereocenters. The second-order valence-electron chi connectivity index (χ2n) is 4.31. The van der Waals surface area contributed by atoms with Gasteiger partial charge in [-0.2, -0.15) is 0 Å². The summed E-state index contributed by atoms with van der Waals surface area (Å²) in [4.78, 5) is 23.6. The van der Waals surface area contributed by atoms with E-state index < -0.39 is 5.91 Å². The van der Waals surface area contributed by atoms with Gasteiger partial charge in [0.2, 0.25) is 5.91 Å². The standard InChI is InChI=1S/C13H15N2O2/c14-11-8-4-3-7-10(11)13(17)15-12(16)9-5-1-2-6-9/h4,7-9H,1-2,5-6,14H2,(H,15,16,17). The number of rotatable bonds is 2. The summed E-state index contributed by atoms with van der Waals surface area (Å²) < 4.78 is 0. The van der Waals surface area contributed by atoms with Gasteiger partial charge in [-0.05, 0) is 31.0 Å². The third kappa shape index (κ3) is 2.64. The fourth-order valence-corrected chi connectivity index (χ4v) is 2.11. The number of hydrogen-bond acceptors (Lipinski definition) is 3. The molecule has 3 N–H and O–H groups in total. The number of carbonyl (C=O) groups is 2. The Labute approximate surface area is 100 Å². The lowest BCUT2D eigenvalue weighted by Crippen LogP contribution is -2.35. The molecule has 4 heteroatoms. The SMILES string of the molecule is Nc1cc[c]cc1C(=O)NC(=O)C1CCCC1. The number of nitrogens with two attached hydrogens (primary N) is 1. The molecule has 0 spiro atoms. The number of anilines is 1. The van der Waals surface area contributed by atoms with Crippen molar-refractivity contribution in [1.29, 1.82) is 0 Å². The highest BCUT2D eigenvalue weighted by molar-refractivity contribution is 6.07. The van der Waals surface area contributed by atoms with Crippen LogP contribution in [0.15, 0.2) is 18.2 Å². The summed E-state index contributed by atoms with van der Waals surface area (Å²) in [5.41, 5.74) is 6.32. The second-order valence-corrected chi connectivity index (χ2v) is 4.31. The van der Waals surface area contributed by atoms with Gasteiger partial charge in [-0.25, -0.2) is 0 Å². The molecule has 1 radical (unpaired) electrons. The van der Waals surface area contributed by atoms with Gasteiger partial charge in [0.1, 0.15) is 0 Å². The fraction of sp³-hybridized carbons (Fsp3) is 0.385. The zero-order chi connectivity index (χ0) is 12.3. The monoisotopic (exact) mass is 231 g/mol. The molecule has 1 saturated carbocycles. The number of hydrogen-bond donors (Lipinski definition) is 2. The maximum atomic E-state index is 11.8. The Bertz CT molecular complexity index is 437. The maximum absolute atomic E-state index is 11.8. The first kappa shape index (κ1) is 11.6. The summed E-state index contributed by atoms with van der Waals surface area (Å²) >= 11 is 0. The maximum Gasteiger partial charge on any atom is 0.259 e. The van der Waals surface area contributed by atoms with Gasteiger partial charge in [-0.3, -0.25) is 14.9 Å². The summed E-state index contributed by atoms with van der Waals surface area (Å²) in [7, 11) is 0. The van der Waals surface area contributed by atoms with E-state index in [1.807, 2.05) is 0 Å². The molecule has 2 rings (SSSR count). The minimum atomic E-state index is -0.434. The molecule has 1 fully saturated rings. The lowest BCUT2D eigenvalue weighted by Gasteiger charge is -2.10. The van der Waals surface area contributed by atoms with Crippen LogP contribution in [0, 0.1) is 12.0 Å². The van der Waals surface area contributed by atoms with E-state index in [2.05, 4.69) is 11.4 Å². The van der Waals surface area contributed by atoms with Crippen LogP contribution < -0.4 is 11.1 Å². The van der Waals surface area contributed by atoms with Crippen LogP contribution in [-0.2, 0) is 4.79 Å². The van der Waals surface area contributed by atoms with Crippen molar-refractivity contribution in [3.63, 3.8) is 0 Å². The number of amides is 2. The molecule has 1 aromatic carbocycles. The van der Waals surface area contributed by atoms with E-state index in [-0.39, 0.29) is 11.8 Å². The molecule has 1 aliphatic rings. The van der Waals surface area contributed by atoms with Crippen LogP contribution in [0.25, 0.3) is 0 Å². The van der Waals surface area contributed by atoms with Gasteiger partial charge in [0.15, 0.2) is 0 Å². The largest absolute Gasteiger partial charge is 0.398 e. The number of carbonyl (C=O) groups excluding carboxylic acids is 2. The predicted molar refractivity (Wildman–Crippen MR) is 64.1 cm³/mol. The van der Waals surface area contributed by atoms with Crippen LogP contribution in [0.2, 0.25) is 0 Å². The lowest BCUT2D eigenvalue weighted by atomic mass is 10.1. The van der Waals surface area contributed by atoms with Gasteiger partial charge in [0, 0.05) is 11.6 Å². The van der Waals surface area contributed by atoms with Crippen molar-refractivity contribution in [2.45, 2.75) is 25.7 Å². The quantitative estimate of drug-likeness (QED) is 0.598. The normalized spacial score (nSPS) is 15.8. The van der Waals surface area contributed by atoms with Crippen LogP contribution in [0.3, 0.4) is 0 Å². The first-order chi connectivity index (χ1) is 8.18. The average molecular weight is 231 g/mol. The zero-order valence-corrected chi connectivity index (χ0v) is 9.53. The van der Waals surface area contributed by atoms with Crippen molar-refractivity contribution < 1.29 is 9.59 Å². The molecule has 1 aliphatic carbocycles. The van der Waals surface area contributed by atoms with E-state index in [0.29, 0.717) is 11.3 Å². The Balaban J connectivity index is 2.02. The van der Waals surface area contributed by atoms with Gasteiger partial charge in [0.25, 0.3) is 5.91 Å². The van der Waals surface area contributed by atoms with Crippen molar-refractivity contribution >= 4 is 17.5 Å². The number of nitrogens with one attached hydrogen (secondary N) is 1. The van der Waals surface area contributed by atoms with Crippen LogP contribution in [0.1, 0.15) is 36.0 Å². The molecule has 4 nitrogen and oxygen atoms in total. The van der Waals surface area contributed by atoms with E-state index in [4.69, 9.17) is 5.73 Å². The molecule has 0 bridgehead atoms. The molecule has 1 aromatic rings. The van der Waals surface area contributed by atoms with E-state index >= 15 is 0 Å². The van der Waals surface area contributed by atoms with Crippen LogP contribution in [-0.4, -0.2) is 11.8 Å². The Morgan fingerprint density at radius 1 is 1.35 bits per heavy atom. The molecule has 2 amide bonds. The summed E-state index contributed by atoms with van der Waals surface area (Å²) in [6, 6.07) is 7.49. The van der Waals surface area contributed by atoms with E-state index in [9.17, 15) is 9.59 Å². The highest BCUT2D eigenvalue weighted by Gasteiger charge is 2.24. The average Bonchev–Trinajstić information content (AvgIpc) is 2.82. The van der Waals surface area contributed by atoms with Gasteiger partial charge >= 0.3 is 0 Å². The minimum Gasteiger partial charge on any atom is -0.398 e. The van der Waals surface area contributed by atoms with E-state index in [1.165, 1.54) is 6.07 Å². The van der Waals surface area contributed by atoms with Gasteiger partial charge in [-0.1, -0.05) is 18.9 Å². The highest BCUT2D eigenvalue weighted by Crippen LogP contribution is 2.24. The summed E-state index contributed by atoms with van der Waals surface area (Å²) in [5.74, 6) is -0.639. The number of benzene rings is 1. The minimum absolute atomic E-state index is 0.0205. The summed E-state index contributed by atoms with van der Waals surface area (Å²) in [5, 5.41) is 2.40. The first-order valence-corrected chi connectivity index (χ1v) is 5.79. The molecule has 0 heterocycles. The Morgan fingerprint density at radius 3 is 2.71 bits per heavy atom. The van der Waals surface area contributed by atoms with Gasteiger partial charge in [0.05, 0.1) is 5.56 Å². The fourth-order valence-electron chi connectivity index (χ4n) is 2.11. The Hall–Kier alpha value is -1.84. The highest BCUT2D eigenvalue weighted by atomic mass is 16.2. The summed E-state index contributed by atoms with van der Waals surface area (Å²) in [6.07, 6.45) is 3.87. The van der Waals surface area contributed by atoms with Gasteiger partial charge in [-0.15, -0.1) is 0 Å². The van der Waals surface area contributed by atoms with Gasteiger partial charge < -0.3 is 5.73 Å². The van der Waals surface area contributed by atoms with Crippen molar-refractivity contribution in [3.8, 4) is 0 Å². The van der Waals surface area contributed by atoms with Crippen molar-refractivity contribution in [3.05, 3.63) is 29.8 Å². The molecular weight excluding hydrogens is 216 g/mol. The molecule has 0 saturated heterocycles. The smallest absolute Gasteiger partial charge is 0.259 e. The third-order valence-corrected chi connectivity index (χ3v) is 3.11. The van der Waals surface area contributed by atoms with Crippen molar-refractivity contribution in [1.82, 2.24) is 5.32 Å². The first-order valence-electron chi connectivity index (χ1n) is 5.79. The molecular formula is C13H15N2O2. The van der Waals surface area contributed by atoms with Crippen LogP contribution in [0.4, 0.5) is 5.69 Å². The van der Waals surface area contributed by atoms with E-state index in [1.54, 1.807) is 12.1 Å². The number of nitrogen functional groups attached to an aromatic ring is 1. The van der Waals surface area contributed by atoms with E-state index in [0.717, 1.165) is 25.7 Å². The zero-order valence-electron chi connectivity index (χ0n) is 9.53. The van der Waals surface area contributed by atoms with Crippen LogP contribution >= 0.6 is 0 Å². The van der Waals surface area contributed by atoms with Crippen molar-refractivity contribution in [2.75, 3.05) is 5.73 Å². The third-order valence-electron chi connectivity index (χ3n) is 3.11. The van der Waals surface area contributed by atoms with Crippen LogP contribution in [0.5, 0.6) is 0 Å². The molecule has 0 aromatic heterocycles. The molecule has 0 atom stereocenters. The Kier molecular flexibility index (Phi) is 3.42. The lowest BCUT2D eigenvalue weighted by molar-refractivity contribution is -0.123. The number of imide groups is 1. The molecule has 0 aliphatic heterocycles. The summed E-state index contributed by atoms with van der Waals surface area (Å²) in [6.45, 7) is 0.